The largest absolute Gasteiger partial charge is 0.372 e. The van der Waals surface area contributed by atoms with Crippen LogP contribution in [0.1, 0.15) is 26.7 Å². The maximum Gasteiger partial charge on any atom is 0.229 e. The summed E-state index contributed by atoms with van der Waals surface area (Å²) in [6.45, 7) is 8.43. The van der Waals surface area contributed by atoms with Crippen LogP contribution in [0.15, 0.2) is 60.7 Å². The van der Waals surface area contributed by atoms with Gasteiger partial charge in [-0.05, 0) is 51.0 Å². The van der Waals surface area contributed by atoms with Crippen LogP contribution < -0.4 is 15.1 Å². The van der Waals surface area contributed by atoms with Gasteiger partial charge in [-0.1, -0.05) is 30.3 Å². The van der Waals surface area contributed by atoms with E-state index in [-0.39, 0.29) is 0 Å². The molecule has 1 saturated heterocycles. The lowest BCUT2D eigenvalue weighted by Crippen LogP contribution is -2.23. The van der Waals surface area contributed by atoms with Crippen molar-refractivity contribution in [2.75, 3.05) is 41.3 Å². The van der Waals surface area contributed by atoms with Gasteiger partial charge in [0.25, 0.3) is 0 Å². The fourth-order valence-corrected chi connectivity index (χ4v) is 3.82. The van der Waals surface area contributed by atoms with Crippen molar-refractivity contribution in [3.8, 4) is 11.3 Å². The first-order chi connectivity index (χ1) is 14.3. The maximum absolute atomic E-state index is 4.79. The predicted molar refractivity (Wildman–Crippen MR) is 122 cm³/mol. The number of rotatable bonds is 7. The fraction of sp³-hybridized carbons (Fsp3) is 0.333. The molecule has 0 unspecified atom stereocenters. The first-order valence-electron chi connectivity index (χ1n) is 10.6. The SMILES string of the molecule is CCN(CC)c1cc(-c2ccccc2)nc(Nc2ccc(N3CCCC3)cc2)n1. The molecule has 1 N–H and O–H groups in total. The first kappa shape index (κ1) is 19.2. The molecule has 2 heterocycles. The molecule has 3 aromatic rings. The molecule has 0 bridgehead atoms. The summed E-state index contributed by atoms with van der Waals surface area (Å²) in [5.41, 5.74) is 4.31. The minimum Gasteiger partial charge on any atom is -0.372 e. The lowest BCUT2D eigenvalue weighted by Gasteiger charge is -2.21. The van der Waals surface area contributed by atoms with Crippen LogP contribution in [0.25, 0.3) is 11.3 Å². The van der Waals surface area contributed by atoms with Crippen molar-refractivity contribution in [2.45, 2.75) is 26.7 Å². The Hall–Kier alpha value is -3.08. The highest BCUT2D eigenvalue weighted by atomic mass is 15.2. The highest BCUT2D eigenvalue weighted by molar-refractivity contribution is 5.67. The van der Waals surface area contributed by atoms with Gasteiger partial charge in [0.05, 0.1) is 5.69 Å². The van der Waals surface area contributed by atoms with E-state index in [1.165, 1.54) is 18.5 Å². The Morgan fingerprint density at radius 3 is 2.24 bits per heavy atom. The summed E-state index contributed by atoms with van der Waals surface area (Å²) < 4.78 is 0. The van der Waals surface area contributed by atoms with Crippen molar-refractivity contribution in [1.29, 1.82) is 0 Å². The van der Waals surface area contributed by atoms with E-state index >= 15 is 0 Å². The van der Waals surface area contributed by atoms with Crippen LogP contribution in [0, 0.1) is 0 Å². The molecule has 150 valence electrons. The summed E-state index contributed by atoms with van der Waals surface area (Å²) in [7, 11) is 0. The second kappa shape index (κ2) is 8.95. The van der Waals surface area contributed by atoms with Gasteiger partial charge in [0.15, 0.2) is 0 Å². The number of nitrogens with one attached hydrogen (secondary N) is 1. The predicted octanol–water partition coefficient (Wildman–Crippen LogP) is 5.33. The van der Waals surface area contributed by atoms with Gasteiger partial charge in [0.1, 0.15) is 5.82 Å². The number of benzene rings is 2. The monoisotopic (exact) mass is 387 g/mol. The van der Waals surface area contributed by atoms with Crippen LogP contribution in [-0.2, 0) is 0 Å². The van der Waals surface area contributed by atoms with E-state index in [1.807, 2.05) is 18.2 Å². The van der Waals surface area contributed by atoms with Gasteiger partial charge >= 0.3 is 0 Å². The first-order valence-corrected chi connectivity index (χ1v) is 10.6. The molecule has 2 aromatic carbocycles. The Labute approximate surface area is 173 Å². The zero-order chi connectivity index (χ0) is 20.1. The number of hydrogen-bond donors (Lipinski definition) is 1. The summed E-state index contributed by atoms with van der Waals surface area (Å²) >= 11 is 0. The second-order valence-corrected chi connectivity index (χ2v) is 7.34. The van der Waals surface area contributed by atoms with Crippen LogP contribution in [0.5, 0.6) is 0 Å². The van der Waals surface area contributed by atoms with Crippen molar-refractivity contribution < 1.29 is 0 Å². The standard InChI is InChI=1S/C24H29N5/c1-3-28(4-2)23-18-22(19-10-6-5-7-11-19)26-24(27-23)25-20-12-14-21(15-13-20)29-16-8-9-17-29/h5-7,10-15,18H,3-4,8-9,16-17H2,1-2H3,(H,25,26,27). The van der Waals surface area contributed by atoms with E-state index in [2.05, 4.69) is 71.4 Å². The molecule has 1 aliphatic rings. The molecule has 1 fully saturated rings. The number of hydrogen-bond acceptors (Lipinski definition) is 5. The lowest BCUT2D eigenvalue weighted by molar-refractivity contribution is 0.843. The second-order valence-electron chi connectivity index (χ2n) is 7.34. The van der Waals surface area contributed by atoms with E-state index in [9.17, 15) is 0 Å². The van der Waals surface area contributed by atoms with Crippen molar-refractivity contribution in [3.63, 3.8) is 0 Å². The number of nitrogens with zero attached hydrogens (tertiary/aromatic N) is 4. The molecule has 5 heteroatoms. The summed E-state index contributed by atoms with van der Waals surface area (Å²) in [5.74, 6) is 1.57. The molecule has 1 aliphatic heterocycles. The quantitative estimate of drug-likeness (QED) is 0.593. The normalized spacial score (nSPS) is 13.5. The van der Waals surface area contributed by atoms with Gasteiger partial charge in [-0.15, -0.1) is 0 Å². The molecule has 29 heavy (non-hydrogen) atoms. The van der Waals surface area contributed by atoms with Crippen LogP contribution in [-0.4, -0.2) is 36.1 Å². The third kappa shape index (κ3) is 4.50. The number of aromatic nitrogens is 2. The van der Waals surface area contributed by atoms with Crippen molar-refractivity contribution in [3.05, 3.63) is 60.7 Å². The third-order valence-corrected chi connectivity index (χ3v) is 5.46. The molecule has 0 saturated carbocycles. The highest BCUT2D eigenvalue weighted by Gasteiger charge is 2.13. The molecule has 0 radical (unpaired) electrons. The molecule has 0 spiro atoms. The van der Waals surface area contributed by atoms with Crippen LogP contribution in [0.2, 0.25) is 0 Å². The van der Waals surface area contributed by atoms with Gasteiger partial charge in [0, 0.05) is 49.2 Å². The van der Waals surface area contributed by atoms with Crippen LogP contribution in [0.4, 0.5) is 23.1 Å². The summed E-state index contributed by atoms with van der Waals surface area (Å²) in [6, 6.07) is 20.9. The van der Waals surface area contributed by atoms with Gasteiger partial charge in [-0.25, -0.2) is 4.98 Å². The smallest absolute Gasteiger partial charge is 0.229 e. The van der Waals surface area contributed by atoms with Crippen LogP contribution in [0.3, 0.4) is 0 Å². The average Bonchev–Trinajstić information content (AvgIpc) is 3.31. The van der Waals surface area contributed by atoms with Gasteiger partial charge in [-0.3, -0.25) is 0 Å². The van der Waals surface area contributed by atoms with Gasteiger partial charge < -0.3 is 15.1 Å². The van der Waals surface area contributed by atoms with E-state index < -0.39 is 0 Å². The third-order valence-electron chi connectivity index (χ3n) is 5.46. The summed E-state index contributed by atoms with van der Waals surface area (Å²) in [5, 5.41) is 3.41. The molecule has 0 atom stereocenters. The Balaban J connectivity index is 1.62. The maximum atomic E-state index is 4.79. The molecule has 0 aliphatic carbocycles. The molecule has 5 nitrogen and oxygen atoms in total. The molecule has 1 aromatic heterocycles. The van der Waals surface area contributed by atoms with E-state index in [1.54, 1.807) is 0 Å². The lowest BCUT2D eigenvalue weighted by atomic mass is 10.1. The van der Waals surface area contributed by atoms with Gasteiger partial charge in [-0.2, -0.15) is 4.98 Å². The van der Waals surface area contributed by atoms with E-state index in [0.29, 0.717) is 5.95 Å². The summed E-state index contributed by atoms with van der Waals surface area (Å²) in [4.78, 5) is 14.3. The highest BCUT2D eigenvalue weighted by Crippen LogP contribution is 2.26. The minimum absolute atomic E-state index is 0.627. The molecule has 0 amide bonds. The van der Waals surface area contributed by atoms with Gasteiger partial charge in [0.2, 0.25) is 5.95 Å². The number of anilines is 4. The molecular formula is C24H29N5. The Morgan fingerprint density at radius 1 is 0.897 bits per heavy atom. The van der Waals surface area contributed by atoms with E-state index in [0.717, 1.165) is 48.9 Å². The van der Waals surface area contributed by atoms with Crippen molar-refractivity contribution in [1.82, 2.24) is 9.97 Å². The topological polar surface area (TPSA) is 44.3 Å². The Bertz CT molecular complexity index is 914. The minimum atomic E-state index is 0.627. The zero-order valence-electron chi connectivity index (χ0n) is 17.3. The molecule has 4 rings (SSSR count). The molecular weight excluding hydrogens is 358 g/mol. The fourth-order valence-electron chi connectivity index (χ4n) is 3.82. The Morgan fingerprint density at radius 2 is 1.59 bits per heavy atom. The zero-order valence-corrected chi connectivity index (χ0v) is 17.3. The Kier molecular flexibility index (Phi) is 5.94. The average molecular weight is 388 g/mol. The van der Waals surface area contributed by atoms with E-state index in [4.69, 9.17) is 9.97 Å². The van der Waals surface area contributed by atoms with Crippen molar-refractivity contribution >= 4 is 23.1 Å². The van der Waals surface area contributed by atoms with Crippen molar-refractivity contribution in [2.24, 2.45) is 0 Å². The summed E-state index contributed by atoms with van der Waals surface area (Å²) in [6.07, 6.45) is 2.57. The van der Waals surface area contributed by atoms with Crippen LogP contribution >= 0.6 is 0 Å².